The molecule has 0 bridgehead atoms. The van der Waals surface area contributed by atoms with Gasteiger partial charge in [-0.1, -0.05) is 78.2 Å². The minimum Gasteiger partial charge on any atom is -0.493 e. The second kappa shape index (κ2) is 13.5. The number of rotatable bonds is 15. The molecule has 3 aromatic rings. The van der Waals surface area contributed by atoms with E-state index in [9.17, 15) is 14.7 Å². The molecule has 1 amide bonds. The highest BCUT2D eigenvalue weighted by Gasteiger charge is 2.34. The van der Waals surface area contributed by atoms with Crippen LogP contribution < -0.4 is 10.1 Å². The number of fused-ring (bicyclic) bond motifs is 3. The zero-order valence-electron chi connectivity index (χ0n) is 23.0. The molecule has 2 aliphatic rings. The third-order valence-electron chi connectivity index (χ3n) is 7.57. The molecule has 0 saturated carbocycles. The highest BCUT2D eigenvalue weighted by atomic mass is 127. The van der Waals surface area contributed by atoms with Gasteiger partial charge in [-0.25, -0.2) is 4.79 Å². The number of alkyl halides is 1. The molecule has 2 N–H and O–H groups in total. The Hall–Kier alpha value is -3.47. The van der Waals surface area contributed by atoms with Crippen molar-refractivity contribution in [3.05, 3.63) is 83.0 Å². The number of nitrogens with zero attached hydrogens (tertiary/aromatic N) is 2. The Kier molecular flexibility index (Phi) is 9.53. The van der Waals surface area contributed by atoms with Crippen molar-refractivity contribution in [1.29, 1.82) is 0 Å². The first-order valence-corrected chi connectivity index (χ1v) is 15.6. The highest BCUT2D eigenvalue weighted by molar-refractivity contribution is 14.1. The number of allylic oxidation sites excluding steroid dienone is 3. The highest BCUT2D eigenvalue weighted by Crippen LogP contribution is 2.45. The fourth-order valence-corrected chi connectivity index (χ4v) is 6.04. The standard InChI is InChI=1S/C32H34IN3O5/c1-20(5-2-3-6-21(13-14-33)19-40-26-8-4-7-23(16-26)32(38)39)15-24-10-11-25(18-34-24)35-31(37)30-27-12-9-22-17-28(22)29(27)36-41-30/h4,7-12,16-18,20-22H,2-3,5-6,13-15,19H2,1H3,(H,35,37)(H,38,39). The van der Waals surface area contributed by atoms with Crippen LogP contribution in [0.1, 0.15) is 76.9 Å². The number of unbranched alkanes of at least 4 members (excludes halogenated alkanes) is 1. The molecule has 2 heterocycles. The zero-order chi connectivity index (χ0) is 28.8. The molecule has 3 unspecified atom stereocenters. The summed E-state index contributed by atoms with van der Waals surface area (Å²) in [6, 6.07) is 10.5. The summed E-state index contributed by atoms with van der Waals surface area (Å²) < 4.78 is 12.3. The molecule has 2 aliphatic carbocycles. The van der Waals surface area contributed by atoms with Gasteiger partial charge in [0, 0.05) is 11.6 Å². The van der Waals surface area contributed by atoms with Crippen LogP contribution in [0.25, 0.3) is 11.6 Å². The maximum absolute atomic E-state index is 12.8. The fraction of sp³-hybridized carbons (Fsp3) is 0.375. The quantitative estimate of drug-likeness (QED) is 0.0992. The molecule has 0 spiro atoms. The van der Waals surface area contributed by atoms with E-state index in [2.05, 4.69) is 51.0 Å². The van der Waals surface area contributed by atoms with Crippen LogP contribution in [0.4, 0.5) is 5.69 Å². The second-order valence-electron chi connectivity index (χ2n) is 10.9. The lowest BCUT2D eigenvalue weighted by atomic mass is 9.94. The molecule has 0 saturated heterocycles. The maximum Gasteiger partial charge on any atom is 0.335 e. The SMILES string of the molecule is CC(CCCCC(CCI)COc1cccc(C(=O)O)c1)Cc1ccc(NC(=O)c2onc3c2C=CC2C=C32)cn1. The average Bonchev–Trinajstić information content (AvgIpc) is 3.64. The van der Waals surface area contributed by atoms with Crippen LogP contribution >= 0.6 is 22.6 Å². The van der Waals surface area contributed by atoms with E-state index in [-0.39, 0.29) is 17.2 Å². The topological polar surface area (TPSA) is 115 Å². The number of carboxylic acid groups (broad SMARTS) is 1. The first kappa shape index (κ1) is 29.0. The number of ether oxygens (including phenoxy) is 1. The van der Waals surface area contributed by atoms with Gasteiger partial charge in [0.2, 0.25) is 5.76 Å². The minimum absolute atomic E-state index is 0.222. The predicted octanol–water partition coefficient (Wildman–Crippen LogP) is 7.32. The predicted molar refractivity (Wildman–Crippen MR) is 166 cm³/mol. The average molecular weight is 668 g/mol. The molecule has 41 heavy (non-hydrogen) atoms. The van der Waals surface area contributed by atoms with Crippen LogP contribution in [0.15, 0.2) is 59.3 Å². The molecular formula is C32H34IN3O5. The van der Waals surface area contributed by atoms with Gasteiger partial charge in [-0.3, -0.25) is 9.78 Å². The van der Waals surface area contributed by atoms with E-state index in [4.69, 9.17) is 9.26 Å². The number of carbonyl (C=O) groups excluding carboxylic acids is 1. The smallest absolute Gasteiger partial charge is 0.335 e. The van der Waals surface area contributed by atoms with Gasteiger partial charge in [0.05, 0.1) is 29.6 Å². The van der Waals surface area contributed by atoms with E-state index in [1.165, 1.54) is 0 Å². The molecule has 3 atom stereocenters. The third kappa shape index (κ3) is 7.63. The first-order chi connectivity index (χ1) is 19.9. The number of amides is 1. The summed E-state index contributed by atoms with van der Waals surface area (Å²) in [6.45, 7) is 2.85. The summed E-state index contributed by atoms with van der Waals surface area (Å²) in [5.74, 6) is 0.843. The number of nitrogens with one attached hydrogen (secondary N) is 1. The molecular weight excluding hydrogens is 633 g/mol. The number of carboxylic acids is 1. The number of hydrogen-bond donors (Lipinski definition) is 2. The lowest BCUT2D eigenvalue weighted by Gasteiger charge is -2.18. The van der Waals surface area contributed by atoms with Crippen LogP contribution in [0.5, 0.6) is 5.75 Å². The van der Waals surface area contributed by atoms with Crippen molar-refractivity contribution >= 4 is 51.8 Å². The van der Waals surface area contributed by atoms with E-state index in [1.54, 1.807) is 24.4 Å². The van der Waals surface area contributed by atoms with Gasteiger partial charge < -0.3 is 19.7 Å². The van der Waals surface area contributed by atoms with Crippen molar-refractivity contribution in [2.24, 2.45) is 17.8 Å². The number of aromatic carboxylic acids is 1. The van der Waals surface area contributed by atoms with Gasteiger partial charge in [0.25, 0.3) is 5.91 Å². The molecule has 0 radical (unpaired) electrons. The first-order valence-electron chi connectivity index (χ1n) is 14.1. The van der Waals surface area contributed by atoms with Gasteiger partial charge in [-0.05, 0) is 71.4 Å². The molecule has 5 rings (SSSR count). The molecule has 1 aromatic carbocycles. The number of anilines is 1. The summed E-state index contributed by atoms with van der Waals surface area (Å²) in [6.07, 6.45) is 14.2. The number of halogens is 1. The van der Waals surface area contributed by atoms with E-state index in [1.807, 2.05) is 30.4 Å². The number of hydrogen-bond acceptors (Lipinski definition) is 6. The Bertz CT molecular complexity index is 1450. The second-order valence-corrected chi connectivity index (χ2v) is 11.9. The van der Waals surface area contributed by atoms with Crippen molar-refractivity contribution in [2.75, 3.05) is 16.4 Å². The summed E-state index contributed by atoms with van der Waals surface area (Å²) in [5, 5.41) is 16.1. The molecule has 8 nitrogen and oxygen atoms in total. The summed E-state index contributed by atoms with van der Waals surface area (Å²) in [7, 11) is 0. The number of aromatic nitrogens is 2. The zero-order valence-corrected chi connectivity index (χ0v) is 25.2. The van der Waals surface area contributed by atoms with E-state index in [0.29, 0.717) is 35.8 Å². The van der Waals surface area contributed by atoms with Crippen molar-refractivity contribution < 1.29 is 24.0 Å². The Morgan fingerprint density at radius 3 is 2.80 bits per heavy atom. The lowest BCUT2D eigenvalue weighted by molar-refractivity contribution is 0.0696. The summed E-state index contributed by atoms with van der Waals surface area (Å²) in [4.78, 5) is 28.5. The van der Waals surface area contributed by atoms with Gasteiger partial charge in [0.15, 0.2) is 0 Å². The van der Waals surface area contributed by atoms with E-state index < -0.39 is 5.97 Å². The van der Waals surface area contributed by atoms with Crippen molar-refractivity contribution in [3.8, 4) is 5.75 Å². The van der Waals surface area contributed by atoms with Crippen LogP contribution in [-0.2, 0) is 6.42 Å². The summed E-state index contributed by atoms with van der Waals surface area (Å²) >= 11 is 2.40. The normalized spacial score (nSPS) is 16.2. The van der Waals surface area contributed by atoms with Crippen molar-refractivity contribution in [1.82, 2.24) is 10.1 Å². The Morgan fingerprint density at radius 2 is 2.02 bits per heavy atom. The van der Waals surface area contributed by atoms with Crippen LogP contribution in [0.2, 0.25) is 0 Å². The third-order valence-corrected chi connectivity index (χ3v) is 8.19. The fourth-order valence-electron chi connectivity index (χ4n) is 5.16. The molecule has 9 heteroatoms. The van der Waals surface area contributed by atoms with Crippen molar-refractivity contribution in [2.45, 2.75) is 45.4 Å². The Labute approximate surface area is 253 Å². The molecule has 0 aliphatic heterocycles. The van der Waals surface area contributed by atoms with E-state index >= 15 is 0 Å². The number of pyridine rings is 1. The molecule has 0 fully saturated rings. The van der Waals surface area contributed by atoms with Gasteiger partial charge in [-0.15, -0.1) is 0 Å². The van der Waals surface area contributed by atoms with Crippen LogP contribution in [-0.4, -0.2) is 38.2 Å². The van der Waals surface area contributed by atoms with Crippen LogP contribution in [0.3, 0.4) is 0 Å². The number of carbonyl (C=O) groups is 2. The maximum atomic E-state index is 12.8. The monoisotopic (exact) mass is 667 g/mol. The molecule has 2 aromatic heterocycles. The minimum atomic E-state index is -0.945. The van der Waals surface area contributed by atoms with Gasteiger partial charge >= 0.3 is 5.97 Å². The lowest BCUT2D eigenvalue weighted by Crippen LogP contribution is -2.13. The van der Waals surface area contributed by atoms with Gasteiger partial charge in [0.1, 0.15) is 11.4 Å². The Morgan fingerprint density at radius 1 is 1.17 bits per heavy atom. The summed E-state index contributed by atoms with van der Waals surface area (Å²) in [5.41, 5.74) is 4.50. The number of benzene rings is 1. The Balaban J connectivity index is 1.02. The molecule has 214 valence electrons. The van der Waals surface area contributed by atoms with Gasteiger partial charge in [-0.2, -0.15) is 0 Å². The van der Waals surface area contributed by atoms with Crippen LogP contribution in [0, 0.1) is 17.8 Å². The largest absolute Gasteiger partial charge is 0.493 e. The van der Waals surface area contributed by atoms with E-state index in [0.717, 1.165) is 65.5 Å². The van der Waals surface area contributed by atoms with Crippen molar-refractivity contribution in [3.63, 3.8) is 0 Å².